The molecule has 0 amide bonds. The Balaban J connectivity index is 1.45. The van der Waals surface area contributed by atoms with Gasteiger partial charge in [0.15, 0.2) is 0 Å². The molecule has 7 rings (SSSR count). The first kappa shape index (κ1) is 31.3. The van der Waals surface area contributed by atoms with Crippen LogP contribution in [-0.4, -0.2) is 4.57 Å². The number of para-hydroxylation sites is 2. The summed E-state index contributed by atoms with van der Waals surface area (Å²) in [5.74, 6) is 0. The Morgan fingerprint density at radius 1 is 0.755 bits per heavy atom. The summed E-state index contributed by atoms with van der Waals surface area (Å²) < 4.78 is 2.35. The second-order valence-electron chi connectivity index (χ2n) is 11.8. The van der Waals surface area contributed by atoms with Crippen molar-refractivity contribution in [2.45, 2.75) is 13.5 Å². The number of rotatable bonds is 10. The predicted molar refractivity (Wildman–Crippen MR) is 210 cm³/mol. The number of fused-ring (bicyclic) bond motifs is 3. The molecule has 5 heteroatoms. The van der Waals surface area contributed by atoms with Gasteiger partial charge in [-0.05, 0) is 109 Å². The molecule has 49 heavy (non-hydrogen) atoms. The Bertz CT molecular complexity index is 2300. The summed E-state index contributed by atoms with van der Waals surface area (Å²) in [5, 5.41) is 5.92. The van der Waals surface area contributed by atoms with E-state index in [0.29, 0.717) is 6.54 Å². The van der Waals surface area contributed by atoms with Crippen molar-refractivity contribution in [3.8, 4) is 5.69 Å². The van der Waals surface area contributed by atoms with E-state index >= 15 is 0 Å². The molecule has 0 aliphatic carbocycles. The van der Waals surface area contributed by atoms with Crippen LogP contribution in [0, 0.1) is 0 Å². The number of aromatic nitrogens is 1. The van der Waals surface area contributed by atoms with Gasteiger partial charge in [0.25, 0.3) is 0 Å². The molecule has 0 saturated heterocycles. The third kappa shape index (κ3) is 6.00. The fourth-order valence-electron chi connectivity index (χ4n) is 6.59. The van der Waals surface area contributed by atoms with Crippen LogP contribution in [0.4, 0.5) is 28.4 Å². The van der Waals surface area contributed by atoms with Crippen LogP contribution < -0.4 is 21.7 Å². The number of allylic oxidation sites excluding steroid dienone is 3. The van der Waals surface area contributed by atoms with Crippen molar-refractivity contribution in [3.05, 3.63) is 181 Å². The Morgan fingerprint density at radius 3 is 2.04 bits per heavy atom. The van der Waals surface area contributed by atoms with E-state index in [1.165, 1.54) is 0 Å². The van der Waals surface area contributed by atoms with Gasteiger partial charge in [0.2, 0.25) is 0 Å². The molecule has 0 aliphatic heterocycles. The molecule has 0 spiro atoms. The summed E-state index contributed by atoms with van der Waals surface area (Å²) >= 11 is 0. The molecular formula is C44H39N5. The van der Waals surface area contributed by atoms with Crippen LogP contribution in [0.3, 0.4) is 0 Å². The number of benzene rings is 6. The van der Waals surface area contributed by atoms with E-state index in [9.17, 15) is 0 Å². The van der Waals surface area contributed by atoms with Crippen LogP contribution >= 0.6 is 0 Å². The summed E-state index contributed by atoms with van der Waals surface area (Å²) in [7, 11) is 0. The second kappa shape index (κ2) is 13.8. The van der Waals surface area contributed by atoms with Crippen LogP contribution in [0.5, 0.6) is 0 Å². The van der Waals surface area contributed by atoms with Crippen molar-refractivity contribution in [1.29, 1.82) is 0 Å². The molecule has 0 unspecified atom stereocenters. The van der Waals surface area contributed by atoms with Crippen molar-refractivity contribution in [3.63, 3.8) is 0 Å². The number of hydrogen-bond acceptors (Lipinski definition) is 4. The van der Waals surface area contributed by atoms with E-state index < -0.39 is 0 Å². The van der Waals surface area contributed by atoms with Crippen molar-refractivity contribution >= 4 is 61.9 Å². The zero-order valence-corrected chi connectivity index (χ0v) is 27.6. The van der Waals surface area contributed by atoms with Crippen LogP contribution in [0.25, 0.3) is 39.1 Å². The lowest BCUT2D eigenvalue weighted by molar-refractivity contribution is 1.07. The summed E-state index contributed by atoms with van der Waals surface area (Å²) in [5.41, 5.74) is 24.5. The Labute approximate surface area is 287 Å². The molecule has 0 bridgehead atoms. The van der Waals surface area contributed by atoms with Crippen LogP contribution in [0.2, 0.25) is 0 Å². The SMILES string of the molecule is C=Cc1c(Nc2ccccc2)ccc2c3cc(N(c4ccc(CN)cc4)c4ccc(C(/C=C\N)=C/C)cc4)ccc3n(-c3ccccc3)c12. The lowest BCUT2D eigenvalue weighted by Gasteiger charge is -2.26. The average molecular weight is 638 g/mol. The number of hydrogen-bond donors (Lipinski definition) is 3. The van der Waals surface area contributed by atoms with Crippen molar-refractivity contribution in [1.82, 2.24) is 4.57 Å². The minimum Gasteiger partial charge on any atom is -0.405 e. The Kier molecular flexibility index (Phi) is 8.83. The van der Waals surface area contributed by atoms with Crippen LogP contribution in [0.1, 0.15) is 23.6 Å². The highest BCUT2D eigenvalue weighted by atomic mass is 15.1. The number of anilines is 5. The minimum absolute atomic E-state index is 0.494. The van der Waals surface area contributed by atoms with E-state index in [4.69, 9.17) is 11.5 Å². The largest absolute Gasteiger partial charge is 0.405 e. The van der Waals surface area contributed by atoms with Gasteiger partial charge in [-0.2, -0.15) is 0 Å². The molecule has 1 aromatic heterocycles. The van der Waals surface area contributed by atoms with Crippen LogP contribution in [0.15, 0.2) is 164 Å². The monoisotopic (exact) mass is 637 g/mol. The van der Waals surface area contributed by atoms with Gasteiger partial charge in [-0.15, -0.1) is 0 Å². The fourth-order valence-corrected chi connectivity index (χ4v) is 6.59. The van der Waals surface area contributed by atoms with Gasteiger partial charge in [0.05, 0.1) is 11.0 Å². The molecule has 0 fully saturated rings. The van der Waals surface area contributed by atoms with Crippen molar-refractivity contribution in [2.24, 2.45) is 11.5 Å². The van der Waals surface area contributed by atoms with E-state index in [-0.39, 0.29) is 0 Å². The Morgan fingerprint density at radius 2 is 1.41 bits per heavy atom. The molecule has 6 aromatic carbocycles. The molecule has 1 heterocycles. The highest BCUT2D eigenvalue weighted by molar-refractivity contribution is 6.14. The van der Waals surface area contributed by atoms with Gasteiger partial charge in [0.1, 0.15) is 0 Å². The first-order chi connectivity index (χ1) is 24.1. The predicted octanol–water partition coefficient (Wildman–Crippen LogP) is 11.0. The first-order valence-electron chi connectivity index (χ1n) is 16.5. The lowest BCUT2D eigenvalue weighted by atomic mass is 10.0. The summed E-state index contributed by atoms with van der Waals surface area (Å²) in [6, 6.07) is 49.0. The van der Waals surface area contributed by atoms with Gasteiger partial charge in [-0.25, -0.2) is 0 Å². The topological polar surface area (TPSA) is 72.2 Å². The first-order valence-corrected chi connectivity index (χ1v) is 16.5. The number of nitrogens with one attached hydrogen (secondary N) is 1. The smallest absolute Gasteiger partial charge is 0.0634 e. The Hall–Kier alpha value is -6.30. The molecule has 0 aliphatic rings. The molecule has 5 N–H and O–H groups in total. The quantitative estimate of drug-likeness (QED) is 0.131. The summed E-state index contributed by atoms with van der Waals surface area (Å²) in [6.07, 6.45) is 7.52. The molecule has 240 valence electrons. The van der Waals surface area contributed by atoms with E-state index in [0.717, 1.165) is 78.2 Å². The maximum atomic E-state index is 5.98. The zero-order chi connectivity index (χ0) is 33.7. The third-order valence-electron chi connectivity index (χ3n) is 8.96. The van der Waals surface area contributed by atoms with E-state index in [2.05, 4.69) is 149 Å². The molecule has 0 radical (unpaired) electrons. The van der Waals surface area contributed by atoms with Crippen molar-refractivity contribution in [2.75, 3.05) is 10.2 Å². The van der Waals surface area contributed by atoms with Gasteiger partial charge in [-0.1, -0.05) is 85.5 Å². The lowest BCUT2D eigenvalue weighted by Crippen LogP contribution is -2.10. The minimum atomic E-state index is 0.494. The molecule has 5 nitrogen and oxygen atoms in total. The van der Waals surface area contributed by atoms with E-state index in [1.54, 1.807) is 6.20 Å². The highest BCUT2D eigenvalue weighted by Crippen LogP contribution is 2.42. The average Bonchev–Trinajstić information content (AvgIpc) is 3.49. The van der Waals surface area contributed by atoms with Gasteiger partial charge < -0.3 is 26.3 Å². The second-order valence-corrected chi connectivity index (χ2v) is 11.8. The fraction of sp³-hybridized carbons (Fsp3) is 0.0455. The standard InChI is InChI=1S/C44H39N5/c1-3-32(27-28-45)33-17-21-37(22-18-33)48(36-19-15-31(30-46)16-20-36)38-23-26-43-41(29-38)40-24-25-42(47-34-11-7-5-8-12-34)39(4-2)44(40)49(43)35-13-9-6-10-14-35/h3-29,47H,2,30,45-46H2,1H3/b28-27-,32-3+. The van der Waals surface area contributed by atoms with Crippen molar-refractivity contribution < 1.29 is 0 Å². The molecule has 0 atom stereocenters. The highest BCUT2D eigenvalue weighted by Gasteiger charge is 2.20. The van der Waals surface area contributed by atoms with Gasteiger partial charge in [0, 0.05) is 57.0 Å². The summed E-state index contributed by atoms with van der Waals surface area (Å²) in [6.45, 7) is 6.79. The van der Waals surface area contributed by atoms with Gasteiger partial charge >= 0.3 is 0 Å². The van der Waals surface area contributed by atoms with Gasteiger partial charge in [-0.3, -0.25) is 0 Å². The summed E-state index contributed by atoms with van der Waals surface area (Å²) in [4.78, 5) is 2.29. The maximum absolute atomic E-state index is 5.98. The molecular weight excluding hydrogens is 599 g/mol. The normalized spacial score (nSPS) is 11.8. The number of nitrogens with zero attached hydrogens (tertiary/aromatic N) is 2. The van der Waals surface area contributed by atoms with Crippen LogP contribution in [-0.2, 0) is 6.54 Å². The zero-order valence-electron chi connectivity index (χ0n) is 27.6. The van der Waals surface area contributed by atoms with E-state index in [1.807, 2.05) is 37.3 Å². The third-order valence-corrected chi connectivity index (χ3v) is 8.96. The number of nitrogens with two attached hydrogens (primary N) is 2. The molecule has 7 aromatic rings. The maximum Gasteiger partial charge on any atom is 0.0634 e. The molecule has 0 saturated carbocycles.